The Hall–Kier alpha value is -1.58. The zero-order chi connectivity index (χ0) is 18.7. The lowest BCUT2D eigenvalue weighted by molar-refractivity contribution is 0.376. The van der Waals surface area contributed by atoms with Crippen molar-refractivity contribution in [2.45, 2.75) is 45.6 Å². The Morgan fingerprint density at radius 2 is 2.15 bits per heavy atom. The summed E-state index contributed by atoms with van der Waals surface area (Å²) in [6.45, 7) is 8.94. The molecular weight excluding hydrogens is 455 g/mol. The first kappa shape index (κ1) is 21.7. The summed E-state index contributed by atoms with van der Waals surface area (Å²) in [5.41, 5.74) is 1.28. The van der Waals surface area contributed by atoms with Crippen molar-refractivity contribution in [3.63, 3.8) is 0 Å². The van der Waals surface area contributed by atoms with Gasteiger partial charge >= 0.3 is 0 Å². The second kappa shape index (κ2) is 9.07. The van der Waals surface area contributed by atoms with Crippen LogP contribution in [0.5, 0.6) is 0 Å². The number of aromatic nitrogens is 3. The summed E-state index contributed by atoms with van der Waals surface area (Å²) in [5.74, 6) is 3.14. The Kier molecular flexibility index (Phi) is 7.30. The predicted octanol–water partition coefficient (Wildman–Crippen LogP) is 2.96. The molecule has 0 aromatic carbocycles. The summed E-state index contributed by atoms with van der Waals surface area (Å²) in [5, 5.41) is 7.64. The molecule has 0 saturated carbocycles. The maximum Gasteiger partial charge on any atom is 0.213 e. The van der Waals surface area contributed by atoms with Crippen LogP contribution in [0.1, 0.15) is 44.4 Å². The monoisotopic (exact) mass is 486 g/mol. The van der Waals surface area contributed by atoms with Crippen molar-refractivity contribution in [1.29, 1.82) is 0 Å². The third-order valence-corrected chi connectivity index (χ3v) is 4.77. The van der Waals surface area contributed by atoms with E-state index in [1.165, 1.54) is 12.0 Å². The van der Waals surface area contributed by atoms with Crippen LogP contribution >= 0.6 is 24.0 Å². The lowest BCUT2D eigenvalue weighted by atomic mass is 9.94. The Balaban J connectivity index is 0.00000261. The van der Waals surface area contributed by atoms with Gasteiger partial charge in [0, 0.05) is 38.8 Å². The highest BCUT2D eigenvalue weighted by atomic mass is 127. The first-order chi connectivity index (χ1) is 12.3. The fraction of sp³-hybridized carbons (Fsp3) is 0.632. The van der Waals surface area contributed by atoms with Gasteiger partial charge in [-0.1, -0.05) is 20.8 Å². The van der Waals surface area contributed by atoms with E-state index in [-0.39, 0.29) is 29.4 Å². The molecule has 1 saturated heterocycles. The molecule has 0 bridgehead atoms. The molecule has 0 radical (unpaired) electrons. The summed E-state index contributed by atoms with van der Waals surface area (Å²) in [7, 11) is 3.79. The molecule has 8 heteroatoms. The van der Waals surface area contributed by atoms with Crippen LogP contribution in [0.3, 0.4) is 0 Å². The molecule has 2 aromatic rings. The number of rotatable bonds is 4. The van der Waals surface area contributed by atoms with E-state index >= 15 is 0 Å². The first-order valence-corrected chi connectivity index (χ1v) is 9.23. The van der Waals surface area contributed by atoms with Gasteiger partial charge in [0.25, 0.3) is 0 Å². The van der Waals surface area contributed by atoms with Crippen LogP contribution < -0.4 is 5.32 Å². The Labute approximate surface area is 178 Å². The van der Waals surface area contributed by atoms with Crippen LogP contribution in [0.25, 0.3) is 0 Å². The van der Waals surface area contributed by atoms with Crippen molar-refractivity contribution in [2.24, 2.45) is 18.0 Å². The normalized spacial score (nSPS) is 17.9. The first-order valence-electron chi connectivity index (χ1n) is 9.23. The van der Waals surface area contributed by atoms with Crippen molar-refractivity contribution in [1.82, 2.24) is 25.0 Å². The molecule has 1 aliphatic heterocycles. The third kappa shape index (κ3) is 5.70. The van der Waals surface area contributed by atoms with Crippen LogP contribution in [0.2, 0.25) is 0 Å². The number of hydrogen-bond donors (Lipinski definition) is 1. The number of aliphatic imine (C=N–C) groups is 1. The number of likely N-dealkylation sites (tertiary alicyclic amines) is 1. The minimum atomic E-state index is -0.0264. The standard InChI is InChI=1S/C19H30N6O.HI/c1-19(2,3)16-10-21-17(26-16)11-22-18(20-4)25-7-6-14(13-25)8-15-9-23-24(5)12-15;/h9-10,12,14H,6-8,11,13H2,1-5H3,(H,20,22);1H. The van der Waals surface area contributed by atoms with E-state index in [0.29, 0.717) is 18.4 Å². The summed E-state index contributed by atoms with van der Waals surface area (Å²) in [4.78, 5) is 11.1. The molecule has 3 heterocycles. The molecule has 1 fully saturated rings. The van der Waals surface area contributed by atoms with Crippen molar-refractivity contribution in [2.75, 3.05) is 20.1 Å². The van der Waals surface area contributed by atoms with Gasteiger partial charge in [0.15, 0.2) is 5.96 Å². The molecule has 0 spiro atoms. The second-order valence-corrected chi connectivity index (χ2v) is 8.10. The summed E-state index contributed by atoms with van der Waals surface area (Å²) in [6.07, 6.45) is 8.12. The number of nitrogens with zero attached hydrogens (tertiary/aromatic N) is 5. The van der Waals surface area contributed by atoms with Gasteiger partial charge < -0.3 is 14.6 Å². The van der Waals surface area contributed by atoms with Crippen molar-refractivity contribution >= 4 is 29.9 Å². The highest BCUT2D eigenvalue weighted by molar-refractivity contribution is 14.0. The molecule has 0 aliphatic carbocycles. The molecular formula is C19H31IN6O. The summed E-state index contributed by atoms with van der Waals surface area (Å²) >= 11 is 0. The molecule has 150 valence electrons. The average Bonchev–Trinajstić information content (AvgIpc) is 3.29. The van der Waals surface area contributed by atoms with Crippen LogP contribution in [0, 0.1) is 5.92 Å². The highest BCUT2D eigenvalue weighted by Crippen LogP contribution is 2.23. The number of hydrogen-bond acceptors (Lipinski definition) is 4. The van der Waals surface area contributed by atoms with E-state index in [9.17, 15) is 0 Å². The number of halogens is 1. The van der Waals surface area contributed by atoms with Crippen LogP contribution in [-0.4, -0.2) is 45.8 Å². The van der Waals surface area contributed by atoms with E-state index in [4.69, 9.17) is 4.42 Å². The quantitative estimate of drug-likeness (QED) is 0.409. The number of oxazole rings is 1. The maximum atomic E-state index is 5.85. The molecule has 7 nitrogen and oxygen atoms in total. The topological polar surface area (TPSA) is 71.5 Å². The molecule has 1 atom stereocenters. The Morgan fingerprint density at radius 1 is 1.37 bits per heavy atom. The zero-order valence-electron chi connectivity index (χ0n) is 16.9. The maximum absolute atomic E-state index is 5.85. The van der Waals surface area contributed by atoms with Gasteiger partial charge in [-0.15, -0.1) is 24.0 Å². The molecule has 27 heavy (non-hydrogen) atoms. The van der Waals surface area contributed by atoms with Gasteiger partial charge in [-0.3, -0.25) is 9.67 Å². The summed E-state index contributed by atoms with van der Waals surface area (Å²) in [6, 6.07) is 0. The molecule has 1 N–H and O–H groups in total. The van der Waals surface area contributed by atoms with Crippen molar-refractivity contribution in [3.8, 4) is 0 Å². The lowest BCUT2D eigenvalue weighted by Gasteiger charge is -2.21. The van der Waals surface area contributed by atoms with E-state index in [1.807, 2.05) is 31.2 Å². The number of aryl methyl sites for hydroxylation is 1. The third-order valence-electron chi connectivity index (χ3n) is 4.77. The van der Waals surface area contributed by atoms with Crippen molar-refractivity contribution in [3.05, 3.63) is 35.8 Å². The molecule has 0 amide bonds. The van der Waals surface area contributed by atoms with E-state index in [2.05, 4.69) is 52.3 Å². The predicted molar refractivity (Wildman–Crippen MR) is 117 cm³/mol. The number of nitrogens with one attached hydrogen (secondary N) is 1. The van der Waals surface area contributed by atoms with Gasteiger partial charge in [-0.2, -0.15) is 5.10 Å². The lowest BCUT2D eigenvalue weighted by Crippen LogP contribution is -2.39. The fourth-order valence-electron chi connectivity index (χ4n) is 3.33. The largest absolute Gasteiger partial charge is 0.443 e. The van der Waals surface area contributed by atoms with Crippen LogP contribution in [-0.2, 0) is 25.4 Å². The van der Waals surface area contributed by atoms with Gasteiger partial charge in [0.2, 0.25) is 5.89 Å². The fourth-order valence-corrected chi connectivity index (χ4v) is 3.33. The summed E-state index contributed by atoms with van der Waals surface area (Å²) < 4.78 is 7.72. The zero-order valence-corrected chi connectivity index (χ0v) is 19.2. The minimum absolute atomic E-state index is 0. The minimum Gasteiger partial charge on any atom is -0.443 e. The molecule has 1 aliphatic rings. The Bertz CT molecular complexity index is 760. The van der Waals surface area contributed by atoms with Crippen LogP contribution in [0.15, 0.2) is 28.0 Å². The smallest absolute Gasteiger partial charge is 0.213 e. The van der Waals surface area contributed by atoms with Crippen molar-refractivity contribution < 1.29 is 4.42 Å². The molecule has 3 rings (SSSR count). The second-order valence-electron chi connectivity index (χ2n) is 8.10. The highest BCUT2D eigenvalue weighted by Gasteiger charge is 2.26. The number of guanidine groups is 1. The van der Waals surface area contributed by atoms with E-state index in [0.717, 1.165) is 31.2 Å². The SMILES string of the molecule is CN=C(NCc1ncc(C(C)(C)C)o1)N1CCC(Cc2cnn(C)c2)C1.I. The Morgan fingerprint density at radius 3 is 2.74 bits per heavy atom. The van der Waals surface area contributed by atoms with Gasteiger partial charge in [-0.05, 0) is 24.3 Å². The van der Waals surface area contributed by atoms with E-state index < -0.39 is 0 Å². The van der Waals surface area contributed by atoms with Crippen LogP contribution in [0.4, 0.5) is 0 Å². The van der Waals surface area contributed by atoms with E-state index in [1.54, 1.807) is 0 Å². The molecule has 1 unspecified atom stereocenters. The van der Waals surface area contributed by atoms with Gasteiger partial charge in [0.05, 0.1) is 18.9 Å². The van der Waals surface area contributed by atoms with Gasteiger partial charge in [0.1, 0.15) is 5.76 Å². The van der Waals surface area contributed by atoms with Gasteiger partial charge in [-0.25, -0.2) is 4.98 Å². The molecule has 2 aromatic heterocycles. The average molecular weight is 486 g/mol.